The second-order valence-corrected chi connectivity index (χ2v) is 8.58. The minimum Gasteiger partial charge on any atom is -0.366 e. The van der Waals surface area contributed by atoms with E-state index in [1.165, 1.54) is 23.3 Å². The highest BCUT2D eigenvalue weighted by molar-refractivity contribution is 7.14. The number of benzene rings is 1. The summed E-state index contributed by atoms with van der Waals surface area (Å²) in [6, 6.07) is 9.66. The summed E-state index contributed by atoms with van der Waals surface area (Å²) in [5.74, 6) is 0.242. The molecule has 2 aliphatic rings. The quantitative estimate of drug-likeness (QED) is 0.899. The number of nitrogens with zero attached hydrogens (tertiary/aromatic N) is 1. The van der Waals surface area contributed by atoms with Gasteiger partial charge in [-0.3, -0.25) is 9.59 Å². The number of thiophene rings is 1. The average molecular weight is 369 g/mol. The number of carbonyl (C=O) groups is 2. The van der Waals surface area contributed by atoms with Gasteiger partial charge >= 0.3 is 0 Å². The summed E-state index contributed by atoms with van der Waals surface area (Å²) in [7, 11) is 0. The molecule has 0 spiro atoms. The van der Waals surface area contributed by atoms with E-state index in [1.807, 2.05) is 23.1 Å². The monoisotopic (exact) mass is 368 g/mol. The predicted molar refractivity (Wildman–Crippen MR) is 104 cm³/mol. The van der Waals surface area contributed by atoms with Crippen LogP contribution in [0.4, 0.5) is 0 Å². The molecule has 5 heteroatoms. The third kappa shape index (κ3) is 3.54. The van der Waals surface area contributed by atoms with Crippen molar-refractivity contribution in [3.63, 3.8) is 0 Å². The first-order chi connectivity index (χ1) is 12.6. The molecule has 2 heterocycles. The highest BCUT2D eigenvalue weighted by Crippen LogP contribution is 2.31. The zero-order valence-corrected chi connectivity index (χ0v) is 15.7. The van der Waals surface area contributed by atoms with Crippen molar-refractivity contribution in [1.29, 1.82) is 0 Å². The van der Waals surface area contributed by atoms with Crippen LogP contribution in [-0.2, 0) is 19.3 Å². The van der Waals surface area contributed by atoms with Crippen molar-refractivity contribution in [2.24, 2.45) is 11.7 Å². The van der Waals surface area contributed by atoms with Gasteiger partial charge in [-0.25, -0.2) is 0 Å². The number of carbonyl (C=O) groups excluding carboxylic acids is 2. The summed E-state index contributed by atoms with van der Waals surface area (Å²) < 4.78 is 0. The molecule has 1 aliphatic carbocycles. The fourth-order valence-corrected chi connectivity index (χ4v) is 5.34. The van der Waals surface area contributed by atoms with Gasteiger partial charge in [0.1, 0.15) is 0 Å². The van der Waals surface area contributed by atoms with E-state index in [0.29, 0.717) is 11.5 Å². The van der Waals surface area contributed by atoms with Gasteiger partial charge < -0.3 is 10.6 Å². The van der Waals surface area contributed by atoms with Crippen LogP contribution in [0.5, 0.6) is 0 Å². The van der Waals surface area contributed by atoms with Crippen molar-refractivity contribution in [3.8, 4) is 0 Å². The Kier molecular flexibility index (Phi) is 4.81. The van der Waals surface area contributed by atoms with Gasteiger partial charge in [0.05, 0.1) is 4.88 Å². The molecule has 2 amide bonds. The minimum absolute atomic E-state index is 0.192. The van der Waals surface area contributed by atoms with E-state index in [2.05, 4.69) is 6.07 Å². The third-order valence-corrected chi connectivity index (χ3v) is 6.74. The van der Waals surface area contributed by atoms with Gasteiger partial charge in [0.15, 0.2) is 0 Å². The van der Waals surface area contributed by atoms with Crippen molar-refractivity contribution in [2.75, 3.05) is 13.1 Å². The SMILES string of the molecule is NC(=O)c1cccc(C[C@@H]2CCN(C(=O)c3cc4c(s3)CCCC4)C2)c1. The number of aryl methyl sites for hydroxylation is 2. The lowest BCUT2D eigenvalue weighted by Crippen LogP contribution is -2.28. The Labute approximate surface area is 158 Å². The molecule has 1 atom stereocenters. The Bertz CT molecular complexity index is 819. The Hall–Kier alpha value is -2.14. The smallest absolute Gasteiger partial charge is 0.263 e. The molecular weight excluding hydrogens is 344 g/mol. The molecule has 0 bridgehead atoms. The lowest BCUT2D eigenvalue weighted by molar-refractivity contribution is 0.0791. The van der Waals surface area contributed by atoms with Crippen LogP contribution in [-0.4, -0.2) is 29.8 Å². The number of likely N-dealkylation sites (tertiary alicyclic amines) is 1. The van der Waals surface area contributed by atoms with E-state index in [9.17, 15) is 9.59 Å². The number of primary amides is 1. The number of amides is 2. The zero-order chi connectivity index (χ0) is 18.1. The molecule has 1 fully saturated rings. The molecule has 0 unspecified atom stereocenters. The normalized spacial score (nSPS) is 19.4. The van der Waals surface area contributed by atoms with Crippen LogP contribution in [0.2, 0.25) is 0 Å². The fraction of sp³-hybridized carbons (Fsp3) is 0.429. The second-order valence-electron chi connectivity index (χ2n) is 7.44. The molecule has 4 rings (SSSR count). The molecule has 1 aromatic heterocycles. The first-order valence-corrected chi connectivity index (χ1v) is 10.2. The maximum atomic E-state index is 12.9. The van der Waals surface area contributed by atoms with Gasteiger partial charge in [0, 0.05) is 23.5 Å². The van der Waals surface area contributed by atoms with Crippen LogP contribution >= 0.6 is 11.3 Å². The Morgan fingerprint density at radius 2 is 2.04 bits per heavy atom. The van der Waals surface area contributed by atoms with Crippen molar-refractivity contribution < 1.29 is 9.59 Å². The molecule has 2 aromatic rings. The number of nitrogens with two attached hydrogens (primary N) is 1. The lowest BCUT2D eigenvalue weighted by Gasteiger charge is -2.16. The van der Waals surface area contributed by atoms with Crippen LogP contribution < -0.4 is 5.73 Å². The van der Waals surface area contributed by atoms with Gasteiger partial charge in [-0.1, -0.05) is 12.1 Å². The van der Waals surface area contributed by atoms with Crippen LogP contribution in [0, 0.1) is 5.92 Å². The number of hydrogen-bond donors (Lipinski definition) is 1. The number of fused-ring (bicyclic) bond motifs is 1. The van der Waals surface area contributed by atoms with Crippen LogP contribution in [0.15, 0.2) is 30.3 Å². The molecule has 1 saturated heterocycles. The second kappa shape index (κ2) is 7.23. The van der Waals surface area contributed by atoms with Gasteiger partial charge in [-0.05, 0) is 73.8 Å². The van der Waals surface area contributed by atoms with Crippen molar-refractivity contribution >= 4 is 23.2 Å². The van der Waals surface area contributed by atoms with Crippen molar-refractivity contribution in [3.05, 3.63) is 56.8 Å². The lowest BCUT2D eigenvalue weighted by atomic mass is 9.97. The molecule has 2 N–H and O–H groups in total. The topological polar surface area (TPSA) is 63.4 Å². The van der Waals surface area contributed by atoms with Crippen LogP contribution in [0.1, 0.15) is 55.3 Å². The van der Waals surface area contributed by atoms with Crippen molar-refractivity contribution in [2.45, 2.75) is 38.5 Å². The van der Waals surface area contributed by atoms with Gasteiger partial charge in [-0.2, -0.15) is 0 Å². The first kappa shape index (κ1) is 17.3. The summed E-state index contributed by atoms with van der Waals surface area (Å²) in [5, 5.41) is 0. The summed E-state index contributed by atoms with van der Waals surface area (Å²) in [6.07, 6.45) is 6.64. The van der Waals surface area contributed by atoms with E-state index in [-0.39, 0.29) is 5.91 Å². The van der Waals surface area contributed by atoms with E-state index < -0.39 is 5.91 Å². The largest absolute Gasteiger partial charge is 0.366 e. The minimum atomic E-state index is -0.392. The highest BCUT2D eigenvalue weighted by atomic mass is 32.1. The molecule has 26 heavy (non-hydrogen) atoms. The predicted octanol–water partition coefficient (Wildman–Crippen LogP) is 3.43. The first-order valence-electron chi connectivity index (χ1n) is 9.40. The van der Waals surface area contributed by atoms with Gasteiger partial charge in [0.25, 0.3) is 5.91 Å². The zero-order valence-electron chi connectivity index (χ0n) is 14.9. The molecule has 0 saturated carbocycles. The Morgan fingerprint density at radius 3 is 2.85 bits per heavy atom. The average Bonchev–Trinajstić information content (AvgIpc) is 3.28. The van der Waals surface area contributed by atoms with E-state index in [1.54, 1.807) is 17.4 Å². The summed E-state index contributed by atoms with van der Waals surface area (Å²) in [5.41, 5.74) is 8.43. The van der Waals surface area contributed by atoms with Crippen LogP contribution in [0.25, 0.3) is 0 Å². The van der Waals surface area contributed by atoms with E-state index in [0.717, 1.165) is 49.2 Å². The number of hydrogen-bond acceptors (Lipinski definition) is 3. The molecule has 1 aromatic carbocycles. The maximum absolute atomic E-state index is 12.9. The Balaban J connectivity index is 1.40. The van der Waals surface area contributed by atoms with Crippen LogP contribution in [0.3, 0.4) is 0 Å². The third-order valence-electron chi connectivity index (χ3n) is 5.52. The van der Waals surface area contributed by atoms with Gasteiger partial charge in [0.2, 0.25) is 5.91 Å². The Morgan fingerprint density at radius 1 is 1.19 bits per heavy atom. The molecule has 1 aliphatic heterocycles. The molecule has 4 nitrogen and oxygen atoms in total. The summed E-state index contributed by atoms with van der Waals surface area (Å²) in [6.45, 7) is 1.61. The molecule has 0 radical (unpaired) electrons. The maximum Gasteiger partial charge on any atom is 0.263 e. The molecule has 136 valence electrons. The molecular formula is C21H24N2O2S. The number of rotatable bonds is 4. The van der Waals surface area contributed by atoms with Crippen molar-refractivity contribution in [1.82, 2.24) is 4.90 Å². The highest BCUT2D eigenvalue weighted by Gasteiger charge is 2.29. The standard InChI is InChI=1S/C21H24N2O2S/c22-20(24)17-6-3-4-14(11-17)10-15-8-9-23(13-15)21(25)19-12-16-5-1-2-7-18(16)26-19/h3-4,6,11-12,15H,1-2,5,7-10,13H2,(H2,22,24)/t15-/m0/s1. The fourth-order valence-electron chi connectivity index (χ4n) is 4.12. The van der Waals surface area contributed by atoms with E-state index >= 15 is 0 Å². The van der Waals surface area contributed by atoms with Gasteiger partial charge in [-0.15, -0.1) is 11.3 Å². The summed E-state index contributed by atoms with van der Waals surface area (Å²) >= 11 is 1.70. The van der Waals surface area contributed by atoms with E-state index in [4.69, 9.17) is 5.73 Å². The summed E-state index contributed by atoms with van der Waals surface area (Å²) in [4.78, 5) is 28.5.